The third-order valence-electron chi connectivity index (χ3n) is 0.573. The molecule has 1 heteroatoms. The van der Waals surface area contributed by atoms with Gasteiger partial charge >= 0.3 is 0 Å². The van der Waals surface area contributed by atoms with Gasteiger partial charge in [-0.15, -0.1) is 0 Å². The highest BCUT2D eigenvalue weighted by Gasteiger charge is 1.73. The Bertz CT molecular complexity index is 32.9. The molecule has 0 saturated heterocycles. The van der Waals surface area contributed by atoms with Crippen LogP contribution in [0, 0.1) is 11.8 Å². The van der Waals surface area contributed by atoms with Gasteiger partial charge in [-0.3, -0.25) is 0 Å². The Morgan fingerprint density at radius 2 is 2.33 bits per heavy atom. The van der Waals surface area contributed by atoms with E-state index in [1.807, 2.05) is 0 Å². The quantitative estimate of drug-likeness (QED) is 0.397. The molecule has 0 aliphatic carbocycles. The van der Waals surface area contributed by atoms with Crippen LogP contribution < -0.4 is 0 Å². The van der Waals surface area contributed by atoms with Crippen molar-refractivity contribution in [2.24, 2.45) is 0 Å². The average molecular weight is 84.1 g/mol. The first kappa shape index (κ1) is 5.67. The highest BCUT2D eigenvalue weighted by Crippen LogP contribution is 1.85. The standard InChI is InChI=1S/C5H10N/c1-2-3-4-5-6/h3,5-6H,2,4H2,1H3. The van der Waals surface area contributed by atoms with E-state index in [0.717, 1.165) is 12.8 Å². The lowest BCUT2D eigenvalue weighted by Crippen LogP contribution is -1.70. The van der Waals surface area contributed by atoms with E-state index in [4.69, 9.17) is 5.41 Å². The number of hydrogen-bond acceptors (Lipinski definition) is 1. The van der Waals surface area contributed by atoms with Crippen LogP contribution in [0.25, 0.3) is 0 Å². The molecular weight excluding hydrogens is 74.1 g/mol. The summed E-state index contributed by atoms with van der Waals surface area (Å²) in [7, 11) is 0. The van der Waals surface area contributed by atoms with E-state index in [2.05, 4.69) is 13.3 Å². The van der Waals surface area contributed by atoms with Crippen LogP contribution in [0.3, 0.4) is 0 Å². The zero-order chi connectivity index (χ0) is 4.83. The minimum Gasteiger partial charge on any atom is -0.313 e. The van der Waals surface area contributed by atoms with Crippen LogP contribution in [0.1, 0.15) is 19.8 Å². The average Bonchev–Trinajstić information content (AvgIpc) is 1.61. The van der Waals surface area contributed by atoms with Gasteiger partial charge in [0.25, 0.3) is 0 Å². The van der Waals surface area contributed by atoms with E-state index in [0.29, 0.717) is 0 Å². The third kappa shape index (κ3) is 3.67. The monoisotopic (exact) mass is 84.1 g/mol. The molecule has 0 aromatic rings. The molecule has 0 unspecified atom stereocenters. The molecule has 0 aromatic heterocycles. The van der Waals surface area contributed by atoms with Crippen molar-refractivity contribution in [3.63, 3.8) is 0 Å². The zero-order valence-electron chi connectivity index (χ0n) is 4.07. The molecule has 0 atom stereocenters. The van der Waals surface area contributed by atoms with E-state index < -0.39 is 0 Å². The normalized spacial score (nSPS) is 8.17. The van der Waals surface area contributed by atoms with Crippen LogP contribution >= 0.6 is 0 Å². The molecule has 1 nitrogen and oxygen atoms in total. The SMILES string of the molecule is CC[CH]CC=N. The first-order valence-corrected chi connectivity index (χ1v) is 2.22. The lowest BCUT2D eigenvalue weighted by atomic mass is 10.3. The number of rotatable bonds is 3. The molecule has 0 rings (SSSR count). The fraction of sp³-hybridized carbons (Fsp3) is 0.600. The molecule has 0 heterocycles. The van der Waals surface area contributed by atoms with Gasteiger partial charge in [0.1, 0.15) is 0 Å². The van der Waals surface area contributed by atoms with Gasteiger partial charge in [-0.25, -0.2) is 0 Å². The van der Waals surface area contributed by atoms with Crippen LogP contribution in [0.4, 0.5) is 0 Å². The van der Waals surface area contributed by atoms with Gasteiger partial charge in [-0.1, -0.05) is 13.3 Å². The fourth-order valence-corrected chi connectivity index (χ4v) is 0.250. The summed E-state index contributed by atoms with van der Waals surface area (Å²) in [6.45, 7) is 2.07. The molecule has 0 saturated carbocycles. The lowest BCUT2D eigenvalue weighted by molar-refractivity contribution is 1.05. The molecule has 0 aliphatic heterocycles. The van der Waals surface area contributed by atoms with Crippen molar-refractivity contribution in [2.75, 3.05) is 0 Å². The maximum atomic E-state index is 6.55. The Morgan fingerprint density at radius 3 is 2.50 bits per heavy atom. The lowest BCUT2D eigenvalue weighted by Gasteiger charge is -1.80. The molecule has 0 aromatic carbocycles. The highest BCUT2D eigenvalue weighted by molar-refractivity contribution is 5.54. The van der Waals surface area contributed by atoms with Gasteiger partial charge in [-0.2, -0.15) is 0 Å². The Hall–Kier alpha value is -0.330. The van der Waals surface area contributed by atoms with Crippen molar-refractivity contribution >= 4 is 6.21 Å². The Kier molecular flexibility index (Phi) is 4.41. The summed E-state index contributed by atoms with van der Waals surface area (Å²) in [5.74, 6) is 0. The van der Waals surface area contributed by atoms with Crippen LogP contribution in [-0.4, -0.2) is 6.21 Å². The molecule has 0 aliphatic rings. The Morgan fingerprint density at radius 1 is 1.67 bits per heavy atom. The van der Waals surface area contributed by atoms with Gasteiger partial charge < -0.3 is 5.41 Å². The molecule has 35 valence electrons. The van der Waals surface area contributed by atoms with Gasteiger partial charge in [0.15, 0.2) is 0 Å². The second-order valence-electron chi connectivity index (χ2n) is 1.14. The third-order valence-corrected chi connectivity index (χ3v) is 0.573. The highest BCUT2D eigenvalue weighted by atomic mass is 14.3. The molecule has 6 heavy (non-hydrogen) atoms. The molecule has 1 N–H and O–H groups in total. The largest absolute Gasteiger partial charge is 0.313 e. The van der Waals surface area contributed by atoms with Crippen molar-refractivity contribution in [1.82, 2.24) is 0 Å². The summed E-state index contributed by atoms with van der Waals surface area (Å²) in [5, 5.41) is 6.55. The van der Waals surface area contributed by atoms with Crippen molar-refractivity contribution < 1.29 is 0 Å². The molecular formula is C5H10N. The van der Waals surface area contributed by atoms with Gasteiger partial charge in [0.05, 0.1) is 0 Å². The Balaban J connectivity index is 2.49. The van der Waals surface area contributed by atoms with E-state index in [9.17, 15) is 0 Å². The molecule has 0 bridgehead atoms. The summed E-state index contributed by atoms with van der Waals surface area (Å²) in [6, 6.07) is 0. The molecule has 0 fully saturated rings. The van der Waals surface area contributed by atoms with Crippen LogP contribution in [-0.2, 0) is 0 Å². The summed E-state index contributed by atoms with van der Waals surface area (Å²) in [5.41, 5.74) is 0. The van der Waals surface area contributed by atoms with Crippen molar-refractivity contribution in [3.05, 3.63) is 6.42 Å². The number of nitrogens with one attached hydrogen (secondary N) is 1. The van der Waals surface area contributed by atoms with E-state index in [1.165, 1.54) is 6.21 Å². The first-order valence-electron chi connectivity index (χ1n) is 2.22. The summed E-state index contributed by atoms with van der Waals surface area (Å²) in [4.78, 5) is 0. The van der Waals surface area contributed by atoms with Crippen LogP contribution in [0.2, 0.25) is 0 Å². The number of unbranched alkanes of at least 4 members (excludes halogenated alkanes) is 2. The predicted octanol–water partition coefficient (Wildman–Crippen LogP) is 1.64. The first-order chi connectivity index (χ1) is 2.91. The Labute approximate surface area is 38.9 Å². The summed E-state index contributed by atoms with van der Waals surface area (Å²) >= 11 is 0. The zero-order valence-corrected chi connectivity index (χ0v) is 4.07. The predicted molar refractivity (Wildman–Crippen MR) is 28.0 cm³/mol. The van der Waals surface area contributed by atoms with Gasteiger partial charge in [0, 0.05) is 0 Å². The molecule has 1 radical (unpaired) electrons. The molecule has 0 amide bonds. The summed E-state index contributed by atoms with van der Waals surface area (Å²) < 4.78 is 0. The van der Waals surface area contributed by atoms with Crippen molar-refractivity contribution in [2.45, 2.75) is 19.8 Å². The maximum absolute atomic E-state index is 6.55. The smallest absolute Gasteiger partial charge is 0.00449 e. The van der Waals surface area contributed by atoms with Crippen molar-refractivity contribution in [1.29, 1.82) is 5.41 Å². The summed E-state index contributed by atoms with van der Waals surface area (Å²) in [6.07, 6.45) is 5.38. The van der Waals surface area contributed by atoms with E-state index >= 15 is 0 Å². The van der Waals surface area contributed by atoms with Gasteiger partial charge in [0.2, 0.25) is 0 Å². The van der Waals surface area contributed by atoms with Gasteiger partial charge in [-0.05, 0) is 19.1 Å². The number of hydrogen-bond donors (Lipinski definition) is 1. The van der Waals surface area contributed by atoms with Crippen molar-refractivity contribution in [3.8, 4) is 0 Å². The van der Waals surface area contributed by atoms with E-state index in [-0.39, 0.29) is 0 Å². The second-order valence-corrected chi connectivity index (χ2v) is 1.14. The van der Waals surface area contributed by atoms with Crippen LogP contribution in [0.5, 0.6) is 0 Å². The van der Waals surface area contributed by atoms with Crippen LogP contribution in [0.15, 0.2) is 0 Å². The minimum atomic E-state index is 0.830. The topological polar surface area (TPSA) is 23.9 Å². The fourth-order valence-electron chi connectivity index (χ4n) is 0.250. The maximum Gasteiger partial charge on any atom is -0.00449 e. The minimum absolute atomic E-state index is 0.830. The second kappa shape index (κ2) is 4.67. The van der Waals surface area contributed by atoms with E-state index in [1.54, 1.807) is 0 Å². The molecule has 0 spiro atoms.